The molecule has 0 aliphatic heterocycles. The lowest BCUT2D eigenvalue weighted by Crippen LogP contribution is -2.44. The first-order chi connectivity index (χ1) is 8.02. The molecular weight excluding hydrogens is 222 g/mol. The first kappa shape index (κ1) is 13.4. The predicted molar refractivity (Wildman–Crippen MR) is 63.9 cm³/mol. The van der Waals surface area contributed by atoms with Crippen LogP contribution in [-0.4, -0.2) is 22.1 Å². The van der Waals surface area contributed by atoms with E-state index in [9.17, 15) is 10.1 Å². The van der Waals surface area contributed by atoms with Gasteiger partial charge < -0.3 is 10.5 Å². The van der Waals surface area contributed by atoms with E-state index in [1.807, 2.05) is 13.8 Å². The predicted octanol–water partition coefficient (Wildman–Crippen LogP) is 1.89. The van der Waals surface area contributed by atoms with Crippen molar-refractivity contribution >= 4 is 5.69 Å². The summed E-state index contributed by atoms with van der Waals surface area (Å²) in [5.74, 6) is 0.0224. The number of hydrogen-bond donors (Lipinski definition) is 1. The van der Waals surface area contributed by atoms with E-state index < -0.39 is 10.5 Å². The molecule has 0 radical (unpaired) electrons. The average Bonchev–Trinajstić information content (AvgIpc) is 2.36. The fourth-order valence-corrected chi connectivity index (χ4v) is 1.30. The first-order valence-corrected chi connectivity index (χ1v) is 5.53. The second kappa shape index (κ2) is 5.58. The summed E-state index contributed by atoms with van der Waals surface area (Å²) in [6, 6.07) is 2.86. The molecule has 94 valence electrons. The molecule has 6 heteroatoms. The summed E-state index contributed by atoms with van der Waals surface area (Å²) in [7, 11) is 0. The molecule has 6 nitrogen and oxygen atoms in total. The fraction of sp³-hybridized carbons (Fsp3) is 0.545. The highest BCUT2D eigenvalue weighted by molar-refractivity contribution is 5.39. The van der Waals surface area contributed by atoms with Crippen molar-refractivity contribution in [2.24, 2.45) is 5.73 Å². The highest BCUT2D eigenvalue weighted by Gasteiger charge is 2.24. The number of hydrogen-bond acceptors (Lipinski definition) is 5. The minimum absolute atomic E-state index is 0.0224. The number of nitrogens with two attached hydrogens (primary N) is 1. The summed E-state index contributed by atoms with van der Waals surface area (Å²) in [4.78, 5) is 14.1. The quantitative estimate of drug-likeness (QED) is 0.604. The number of nitrogens with zero attached hydrogens (tertiary/aromatic N) is 2. The molecule has 1 heterocycles. The number of aromatic nitrogens is 1. The Bertz CT molecular complexity index is 391. The Morgan fingerprint density at radius 3 is 2.71 bits per heavy atom. The van der Waals surface area contributed by atoms with Gasteiger partial charge in [0.2, 0.25) is 0 Å². The first-order valence-electron chi connectivity index (χ1n) is 5.53. The van der Waals surface area contributed by atoms with Crippen LogP contribution < -0.4 is 10.5 Å². The molecule has 1 aromatic rings. The smallest absolute Gasteiger partial charge is 0.330 e. The molecule has 0 saturated carbocycles. The average molecular weight is 239 g/mol. The Morgan fingerprint density at radius 2 is 2.18 bits per heavy atom. The second-order valence-electron chi connectivity index (χ2n) is 3.94. The van der Waals surface area contributed by atoms with E-state index in [2.05, 4.69) is 4.98 Å². The van der Waals surface area contributed by atoms with Crippen LogP contribution in [0.3, 0.4) is 0 Å². The highest BCUT2D eigenvalue weighted by Crippen LogP contribution is 2.24. The third-order valence-corrected chi connectivity index (χ3v) is 2.85. The van der Waals surface area contributed by atoms with E-state index in [0.717, 1.165) is 12.8 Å². The maximum absolute atomic E-state index is 10.7. The van der Waals surface area contributed by atoms with Crippen molar-refractivity contribution in [2.45, 2.75) is 32.2 Å². The van der Waals surface area contributed by atoms with E-state index in [-0.39, 0.29) is 18.2 Å². The second-order valence-corrected chi connectivity index (χ2v) is 3.94. The molecule has 0 aliphatic carbocycles. The molecule has 0 aromatic carbocycles. The van der Waals surface area contributed by atoms with Gasteiger partial charge in [-0.1, -0.05) is 13.8 Å². The van der Waals surface area contributed by atoms with Gasteiger partial charge in [-0.05, 0) is 18.9 Å². The van der Waals surface area contributed by atoms with Gasteiger partial charge in [-0.2, -0.15) is 0 Å². The van der Waals surface area contributed by atoms with Gasteiger partial charge in [-0.25, -0.2) is 4.98 Å². The van der Waals surface area contributed by atoms with Gasteiger partial charge in [-0.15, -0.1) is 0 Å². The largest absolute Gasteiger partial charge is 0.471 e. The molecule has 0 aliphatic rings. The summed E-state index contributed by atoms with van der Waals surface area (Å²) in [6.45, 7) is 4.14. The zero-order valence-corrected chi connectivity index (χ0v) is 10.0. The van der Waals surface area contributed by atoms with Gasteiger partial charge in [-0.3, -0.25) is 10.1 Å². The van der Waals surface area contributed by atoms with E-state index in [1.54, 1.807) is 0 Å². The van der Waals surface area contributed by atoms with E-state index in [4.69, 9.17) is 10.5 Å². The third-order valence-electron chi connectivity index (χ3n) is 2.85. The lowest BCUT2D eigenvalue weighted by Gasteiger charge is -2.25. The van der Waals surface area contributed by atoms with Crippen LogP contribution >= 0.6 is 0 Å². The Hall–Kier alpha value is -1.69. The summed E-state index contributed by atoms with van der Waals surface area (Å²) in [6.07, 6.45) is 2.94. The van der Waals surface area contributed by atoms with Crippen LogP contribution in [0.5, 0.6) is 5.88 Å². The molecule has 0 bridgehead atoms. The van der Waals surface area contributed by atoms with Crippen molar-refractivity contribution in [3.63, 3.8) is 0 Å². The van der Waals surface area contributed by atoms with Crippen molar-refractivity contribution in [1.29, 1.82) is 0 Å². The molecule has 0 fully saturated rings. The Kier molecular flexibility index (Phi) is 4.39. The summed E-state index contributed by atoms with van der Waals surface area (Å²) < 4.78 is 5.37. The number of rotatable bonds is 6. The molecule has 0 unspecified atom stereocenters. The van der Waals surface area contributed by atoms with Crippen LogP contribution in [0.1, 0.15) is 26.7 Å². The monoisotopic (exact) mass is 239 g/mol. The molecule has 0 amide bonds. The summed E-state index contributed by atoms with van der Waals surface area (Å²) >= 11 is 0. The van der Waals surface area contributed by atoms with E-state index in [1.165, 1.54) is 18.3 Å². The van der Waals surface area contributed by atoms with Crippen LogP contribution in [0, 0.1) is 10.1 Å². The van der Waals surface area contributed by atoms with Crippen molar-refractivity contribution in [1.82, 2.24) is 4.98 Å². The third kappa shape index (κ3) is 3.39. The van der Waals surface area contributed by atoms with Gasteiger partial charge in [0.1, 0.15) is 6.61 Å². The molecule has 0 atom stereocenters. The standard InChI is InChI=1S/C11H17N3O3/c1-3-11(12,4-2)8-17-10-9(14(15)16)6-5-7-13-10/h5-7H,3-4,8,12H2,1-2H3. The fourth-order valence-electron chi connectivity index (χ4n) is 1.30. The van der Waals surface area contributed by atoms with E-state index >= 15 is 0 Å². The van der Waals surface area contributed by atoms with Crippen LogP contribution in [0.15, 0.2) is 18.3 Å². The van der Waals surface area contributed by atoms with Gasteiger partial charge in [0.05, 0.1) is 4.92 Å². The SMILES string of the molecule is CCC(N)(CC)COc1ncccc1[N+](=O)[O-]. The number of ether oxygens (including phenoxy) is 1. The molecule has 0 spiro atoms. The van der Waals surface area contributed by atoms with Crippen LogP contribution in [0.25, 0.3) is 0 Å². The minimum Gasteiger partial charge on any atom is -0.471 e. The molecule has 0 saturated heterocycles. The lowest BCUT2D eigenvalue weighted by molar-refractivity contribution is -0.386. The van der Waals surface area contributed by atoms with Crippen LogP contribution in [0.2, 0.25) is 0 Å². The highest BCUT2D eigenvalue weighted by atomic mass is 16.6. The van der Waals surface area contributed by atoms with Crippen molar-refractivity contribution in [3.05, 3.63) is 28.4 Å². The Balaban J connectivity index is 2.79. The van der Waals surface area contributed by atoms with Gasteiger partial charge in [0, 0.05) is 17.8 Å². The maximum Gasteiger partial charge on any atom is 0.330 e. The Morgan fingerprint density at radius 1 is 1.53 bits per heavy atom. The van der Waals surface area contributed by atoms with Crippen molar-refractivity contribution in [3.8, 4) is 5.88 Å². The van der Waals surface area contributed by atoms with Crippen molar-refractivity contribution < 1.29 is 9.66 Å². The lowest BCUT2D eigenvalue weighted by atomic mass is 9.96. The van der Waals surface area contributed by atoms with Crippen molar-refractivity contribution in [2.75, 3.05) is 6.61 Å². The summed E-state index contributed by atoms with van der Waals surface area (Å²) in [5, 5.41) is 10.7. The van der Waals surface area contributed by atoms with Gasteiger partial charge in [0.15, 0.2) is 0 Å². The molecule has 2 N–H and O–H groups in total. The molecule has 1 rings (SSSR count). The topological polar surface area (TPSA) is 91.3 Å². The molecule has 1 aromatic heterocycles. The zero-order chi connectivity index (χ0) is 12.9. The molecular formula is C11H17N3O3. The number of nitro groups is 1. The normalized spacial score (nSPS) is 11.2. The molecule has 17 heavy (non-hydrogen) atoms. The van der Waals surface area contributed by atoms with Gasteiger partial charge in [0.25, 0.3) is 5.88 Å². The van der Waals surface area contributed by atoms with E-state index in [0.29, 0.717) is 0 Å². The number of pyridine rings is 1. The zero-order valence-electron chi connectivity index (χ0n) is 10.0. The Labute approximate surface area is 99.9 Å². The maximum atomic E-state index is 10.7. The van der Waals surface area contributed by atoms with Gasteiger partial charge >= 0.3 is 5.69 Å². The minimum atomic E-state index is -0.515. The van der Waals surface area contributed by atoms with Crippen LogP contribution in [0.4, 0.5) is 5.69 Å². The van der Waals surface area contributed by atoms with Crippen LogP contribution in [-0.2, 0) is 0 Å². The summed E-state index contributed by atoms with van der Waals surface area (Å²) in [5.41, 5.74) is 5.44.